The van der Waals surface area contributed by atoms with E-state index in [0.29, 0.717) is 5.91 Å². The summed E-state index contributed by atoms with van der Waals surface area (Å²) in [6.45, 7) is 6.31. The van der Waals surface area contributed by atoms with Gasteiger partial charge in [-0.3, -0.25) is 4.79 Å². The minimum atomic E-state index is -0.0980. The Morgan fingerprint density at radius 3 is 2.26 bits per heavy atom. The number of benzene rings is 1. The van der Waals surface area contributed by atoms with Crippen molar-refractivity contribution < 1.29 is 4.79 Å². The summed E-state index contributed by atoms with van der Waals surface area (Å²) in [6.07, 6.45) is 7.25. The molecule has 0 aliphatic heterocycles. The van der Waals surface area contributed by atoms with Crippen LogP contribution in [0, 0.1) is 24.2 Å². The highest BCUT2D eigenvalue weighted by molar-refractivity contribution is 5.83. The highest BCUT2D eigenvalue weighted by Gasteiger charge is 2.60. The first-order chi connectivity index (χ1) is 10.9. The molecule has 2 nitrogen and oxygen atoms in total. The molecule has 4 aliphatic rings. The van der Waals surface area contributed by atoms with Crippen LogP contribution >= 0.6 is 0 Å². The number of amides is 1. The molecule has 4 aliphatic carbocycles. The molecule has 0 aromatic heterocycles. The lowest BCUT2D eigenvalue weighted by molar-refractivity contribution is -0.149. The molecule has 1 amide bonds. The third-order valence-electron chi connectivity index (χ3n) is 6.63. The molecule has 0 unspecified atom stereocenters. The van der Waals surface area contributed by atoms with E-state index in [1.807, 2.05) is 0 Å². The van der Waals surface area contributed by atoms with Crippen molar-refractivity contribution >= 4 is 5.91 Å². The second-order valence-corrected chi connectivity index (χ2v) is 9.02. The minimum Gasteiger partial charge on any atom is -0.353 e. The third kappa shape index (κ3) is 2.42. The molecular weight excluding hydrogens is 282 g/mol. The van der Waals surface area contributed by atoms with Crippen LogP contribution in [0.5, 0.6) is 0 Å². The van der Waals surface area contributed by atoms with Gasteiger partial charge in [0.25, 0.3) is 0 Å². The fourth-order valence-corrected chi connectivity index (χ4v) is 6.19. The summed E-state index contributed by atoms with van der Waals surface area (Å²) in [6, 6.07) is 9.39. The SMILES string of the molecule is Cc1ccc(C23C[C@@H]4C[C@H](CC(C(=O)NC(C)C)(C4)C2)C3)cc1. The number of nitrogens with one attached hydrogen (secondary N) is 1. The van der Waals surface area contributed by atoms with Crippen molar-refractivity contribution in [3.8, 4) is 0 Å². The summed E-state index contributed by atoms with van der Waals surface area (Å²) in [7, 11) is 0. The van der Waals surface area contributed by atoms with Gasteiger partial charge in [-0.15, -0.1) is 0 Å². The van der Waals surface area contributed by atoms with Crippen LogP contribution in [-0.2, 0) is 10.2 Å². The second-order valence-electron chi connectivity index (χ2n) is 9.02. The van der Waals surface area contributed by atoms with E-state index in [9.17, 15) is 4.79 Å². The number of aryl methyl sites for hydroxylation is 1. The molecular formula is C21H29NO. The van der Waals surface area contributed by atoms with Crippen LogP contribution in [-0.4, -0.2) is 11.9 Å². The van der Waals surface area contributed by atoms with Crippen LogP contribution in [0.15, 0.2) is 24.3 Å². The lowest BCUT2D eigenvalue weighted by Gasteiger charge is -2.61. The Hall–Kier alpha value is -1.31. The predicted octanol–water partition coefficient (Wildman–Crippen LogP) is 4.36. The normalized spacial score (nSPS) is 38.1. The number of carbonyl (C=O) groups excluding carboxylic acids is 1. The Morgan fingerprint density at radius 1 is 1.09 bits per heavy atom. The van der Waals surface area contributed by atoms with Crippen molar-refractivity contribution in [3.05, 3.63) is 35.4 Å². The van der Waals surface area contributed by atoms with Crippen LogP contribution in [0.1, 0.15) is 63.5 Å². The van der Waals surface area contributed by atoms with Gasteiger partial charge in [0, 0.05) is 6.04 Å². The highest BCUT2D eigenvalue weighted by Crippen LogP contribution is 2.65. The van der Waals surface area contributed by atoms with Crippen LogP contribution in [0.2, 0.25) is 0 Å². The average molecular weight is 311 g/mol. The third-order valence-corrected chi connectivity index (χ3v) is 6.63. The van der Waals surface area contributed by atoms with E-state index < -0.39 is 0 Å². The molecule has 0 radical (unpaired) electrons. The molecule has 5 rings (SSSR count). The van der Waals surface area contributed by atoms with Crippen molar-refractivity contribution in [2.45, 2.75) is 70.8 Å². The second kappa shape index (κ2) is 5.09. The fourth-order valence-electron chi connectivity index (χ4n) is 6.19. The Morgan fingerprint density at radius 2 is 1.70 bits per heavy atom. The molecule has 124 valence electrons. The van der Waals surface area contributed by atoms with Gasteiger partial charge in [0.1, 0.15) is 0 Å². The van der Waals surface area contributed by atoms with Gasteiger partial charge >= 0.3 is 0 Å². The van der Waals surface area contributed by atoms with Gasteiger partial charge in [0.05, 0.1) is 5.41 Å². The molecule has 1 aromatic carbocycles. The quantitative estimate of drug-likeness (QED) is 0.883. The predicted molar refractivity (Wildman–Crippen MR) is 93.3 cm³/mol. The molecule has 1 aromatic rings. The Kier molecular flexibility index (Phi) is 3.37. The maximum absolute atomic E-state index is 13.0. The summed E-state index contributed by atoms with van der Waals surface area (Å²) < 4.78 is 0. The van der Waals surface area contributed by atoms with E-state index >= 15 is 0 Å². The maximum atomic E-state index is 13.0. The lowest BCUT2D eigenvalue weighted by atomic mass is 9.42. The summed E-state index contributed by atoms with van der Waals surface area (Å²) in [5.41, 5.74) is 2.97. The van der Waals surface area contributed by atoms with Crippen molar-refractivity contribution in [3.63, 3.8) is 0 Å². The van der Waals surface area contributed by atoms with Crippen molar-refractivity contribution in [1.82, 2.24) is 5.32 Å². The van der Waals surface area contributed by atoms with Gasteiger partial charge < -0.3 is 5.32 Å². The van der Waals surface area contributed by atoms with E-state index in [2.05, 4.69) is 50.4 Å². The molecule has 4 fully saturated rings. The van der Waals surface area contributed by atoms with Crippen LogP contribution in [0.3, 0.4) is 0 Å². The Labute approximate surface area is 140 Å². The molecule has 23 heavy (non-hydrogen) atoms. The summed E-state index contributed by atoms with van der Waals surface area (Å²) in [5.74, 6) is 1.82. The standard InChI is InChI=1S/C21H29NO/c1-14(2)22-19(23)21-11-16-8-17(12-21)10-20(9-16,13-21)18-6-4-15(3)5-7-18/h4-7,14,16-17H,8-13H2,1-3H3,(H,22,23)/t16-,17-,20?,21?/m0/s1. The molecule has 0 saturated heterocycles. The van der Waals surface area contributed by atoms with Crippen LogP contribution in [0.4, 0.5) is 0 Å². The molecule has 2 atom stereocenters. The van der Waals surface area contributed by atoms with Crippen LogP contribution < -0.4 is 5.32 Å². The van der Waals surface area contributed by atoms with Gasteiger partial charge in [-0.1, -0.05) is 29.8 Å². The first-order valence-corrected chi connectivity index (χ1v) is 9.29. The van der Waals surface area contributed by atoms with E-state index in [-0.39, 0.29) is 16.9 Å². The molecule has 2 heteroatoms. The smallest absolute Gasteiger partial charge is 0.226 e. The number of hydrogen-bond donors (Lipinski definition) is 1. The highest BCUT2D eigenvalue weighted by atomic mass is 16.2. The fraction of sp³-hybridized carbons (Fsp3) is 0.667. The van der Waals surface area contributed by atoms with E-state index in [1.165, 1.54) is 30.4 Å². The maximum Gasteiger partial charge on any atom is 0.226 e. The van der Waals surface area contributed by atoms with Gasteiger partial charge in [0.2, 0.25) is 5.91 Å². The Balaban J connectivity index is 1.70. The number of rotatable bonds is 3. The van der Waals surface area contributed by atoms with Gasteiger partial charge in [-0.05, 0) is 82.1 Å². The van der Waals surface area contributed by atoms with Crippen molar-refractivity contribution in [2.24, 2.45) is 17.3 Å². The van der Waals surface area contributed by atoms with Gasteiger partial charge in [-0.2, -0.15) is 0 Å². The molecule has 4 saturated carbocycles. The molecule has 4 bridgehead atoms. The van der Waals surface area contributed by atoms with Gasteiger partial charge in [-0.25, -0.2) is 0 Å². The zero-order valence-corrected chi connectivity index (χ0v) is 14.7. The Bertz CT molecular complexity index is 601. The molecule has 0 spiro atoms. The van der Waals surface area contributed by atoms with E-state index in [0.717, 1.165) is 31.1 Å². The van der Waals surface area contributed by atoms with Crippen LogP contribution in [0.25, 0.3) is 0 Å². The lowest BCUT2D eigenvalue weighted by Crippen LogP contribution is -2.59. The van der Waals surface area contributed by atoms with Crippen molar-refractivity contribution in [2.75, 3.05) is 0 Å². The minimum absolute atomic E-state index is 0.0980. The summed E-state index contributed by atoms with van der Waals surface area (Å²) >= 11 is 0. The first kappa shape index (κ1) is 15.2. The largest absolute Gasteiger partial charge is 0.353 e. The summed E-state index contributed by atoms with van der Waals surface area (Å²) in [5, 5.41) is 3.24. The average Bonchev–Trinajstić information content (AvgIpc) is 2.45. The number of hydrogen-bond acceptors (Lipinski definition) is 1. The molecule has 0 heterocycles. The zero-order chi connectivity index (χ0) is 16.2. The molecule has 1 N–H and O–H groups in total. The van der Waals surface area contributed by atoms with E-state index in [4.69, 9.17) is 0 Å². The monoisotopic (exact) mass is 311 g/mol. The topological polar surface area (TPSA) is 29.1 Å². The number of carbonyl (C=O) groups is 1. The van der Waals surface area contributed by atoms with Gasteiger partial charge in [0.15, 0.2) is 0 Å². The first-order valence-electron chi connectivity index (χ1n) is 9.29. The summed E-state index contributed by atoms with van der Waals surface area (Å²) in [4.78, 5) is 13.0. The van der Waals surface area contributed by atoms with Crippen molar-refractivity contribution in [1.29, 1.82) is 0 Å². The van der Waals surface area contributed by atoms with E-state index in [1.54, 1.807) is 0 Å². The zero-order valence-electron chi connectivity index (χ0n) is 14.7.